The molecule has 7 nitrogen and oxygen atoms in total. The van der Waals surface area contributed by atoms with E-state index >= 15 is 0 Å². The molecule has 0 amide bonds. The molecule has 0 atom stereocenters. The number of hydrogen-bond donors (Lipinski definition) is 1. The van der Waals surface area contributed by atoms with Crippen molar-refractivity contribution >= 4 is 23.5 Å². The number of nitrogens with one attached hydrogen (secondary N) is 1. The van der Waals surface area contributed by atoms with Crippen molar-refractivity contribution in [2.24, 2.45) is 0 Å². The molecule has 0 unspecified atom stereocenters. The molecule has 0 saturated carbocycles. The van der Waals surface area contributed by atoms with Gasteiger partial charge in [0.05, 0.1) is 24.0 Å². The molecule has 1 aliphatic heterocycles. The van der Waals surface area contributed by atoms with Crippen LogP contribution in [0.2, 0.25) is 0 Å². The van der Waals surface area contributed by atoms with Crippen LogP contribution in [0.3, 0.4) is 0 Å². The van der Waals surface area contributed by atoms with Gasteiger partial charge in [0.15, 0.2) is 0 Å². The van der Waals surface area contributed by atoms with Crippen LogP contribution in [-0.2, 0) is 10.3 Å². The minimum Gasteiger partial charge on any atom is -0.462 e. The summed E-state index contributed by atoms with van der Waals surface area (Å²) in [6.45, 7) is 5.71. The van der Waals surface area contributed by atoms with Crippen LogP contribution in [0.4, 0.5) is 10.2 Å². The number of anilines is 1. The highest BCUT2D eigenvalue weighted by Crippen LogP contribution is 2.39. The molecule has 0 aliphatic carbocycles. The monoisotopic (exact) mass is 337 g/mol. The largest absolute Gasteiger partial charge is 0.462 e. The van der Waals surface area contributed by atoms with Crippen molar-refractivity contribution < 1.29 is 13.9 Å². The first-order chi connectivity index (χ1) is 10.9. The Bertz CT molecular complexity index is 790. The quantitative estimate of drug-likeness (QED) is 0.523. The van der Waals surface area contributed by atoms with Crippen LogP contribution in [0.15, 0.2) is 11.2 Å². The van der Waals surface area contributed by atoms with Crippen LogP contribution in [-0.4, -0.2) is 38.6 Å². The summed E-state index contributed by atoms with van der Waals surface area (Å²) in [5, 5.41) is 8.16. The van der Waals surface area contributed by atoms with E-state index in [1.54, 1.807) is 6.92 Å². The maximum absolute atomic E-state index is 13.4. The summed E-state index contributed by atoms with van der Waals surface area (Å²) in [5.74, 6) is 0.0494. The lowest BCUT2D eigenvalue weighted by molar-refractivity contribution is 0.0523. The summed E-state index contributed by atoms with van der Waals surface area (Å²) in [7, 11) is 0. The first-order valence-corrected chi connectivity index (χ1v) is 8.27. The van der Waals surface area contributed by atoms with Gasteiger partial charge in [-0.05, 0) is 27.0 Å². The Kier molecular flexibility index (Phi) is 3.75. The third kappa shape index (κ3) is 2.44. The van der Waals surface area contributed by atoms with Gasteiger partial charge in [0, 0.05) is 0 Å². The number of hydrogen-bond acceptors (Lipinski definition) is 7. The number of ether oxygens (including phenoxy) is 1. The van der Waals surface area contributed by atoms with Crippen LogP contribution in [0, 0.1) is 6.08 Å². The second-order valence-corrected chi connectivity index (χ2v) is 6.28. The van der Waals surface area contributed by atoms with Gasteiger partial charge < -0.3 is 10.1 Å². The van der Waals surface area contributed by atoms with E-state index in [9.17, 15) is 9.18 Å². The molecule has 0 aromatic carbocycles. The van der Waals surface area contributed by atoms with Crippen molar-refractivity contribution in [1.29, 1.82) is 0 Å². The van der Waals surface area contributed by atoms with Crippen molar-refractivity contribution in [3.8, 4) is 5.69 Å². The Labute approximate surface area is 136 Å². The van der Waals surface area contributed by atoms with Crippen molar-refractivity contribution in [2.45, 2.75) is 31.3 Å². The smallest absolute Gasteiger partial charge is 0.344 e. The van der Waals surface area contributed by atoms with Crippen molar-refractivity contribution in [3.05, 3.63) is 23.5 Å². The van der Waals surface area contributed by atoms with Gasteiger partial charge in [-0.15, -0.1) is 11.8 Å². The molecule has 0 saturated heterocycles. The molecule has 9 heteroatoms. The fraction of sp³-hybridized carbons (Fsp3) is 0.429. The Morgan fingerprint density at radius 3 is 2.91 bits per heavy atom. The van der Waals surface area contributed by atoms with Crippen LogP contribution in [0.1, 0.15) is 36.8 Å². The summed E-state index contributed by atoms with van der Waals surface area (Å²) in [5.41, 5.74) is 0.688. The molecule has 3 rings (SSSR count). The number of fused-ring (bicyclic) bond motifs is 3. The number of carbonyl (C=O) groups excluding carboxylic acids is 1. The lowest BCUT2D eigenvalue weighted by Crippen LogP contribution is -2.37. The van der Waals surface area contributed by atoms with E-state index in [4.69, 9.17) is 4.74 Å². The molecule has 23 heavy (non-hydrogen) atoms. The maximum atomic E-state index is 13.4. The predicted molar refractivity (Wildman–Crippen MR) is 83.5 cm³/mol. The van der Waals surface area contributed by atoms with E-state index in [2.05, 4.69) is 20.4 Å². The molecular weight excluding hydrogens is 321 g/mol. The highest BCUT2D eigenvalue weighted by molar-refractivity contribution is 7.98. The Morgan fingerprint density at radius 2 is 2.26 bits per heavy atom. The minimum atomic E-state index is -0.801. The topological polar surface area (TPSA) is 81.9 Å². The Morgan fingerprint density at radius 1 is 1.52 bits per heavy atom. The number of thioether (sulfide) groups is 1. The molecule has 1 N–H and O–H groups in total. The molecule has 1 aliphatic rings. The Hall–Kier alpha value is -2.16. The highest BCUT2D eigenvalue weighted by atomic mass is 32.2. The van der Waals surface area contributed by atoms with Gasteiger partial charge in [0.1, 0.15) is 22.1 Å². The summed E-state index contributed by atoms with van der Waals surface area (Å²) >= 11 is 1.33. The standard InChI is InChI=1S/C14H16FN5O2S/c1-5-22-12(21)8-10-18-14(2,3)9-7(6-16-13(15)17-9)20(10)19-11(8)23-4/h6,18H,5H2,1-4H3. The van der Waals surface area contributed by atoms with Crippen LogP contribution < -0.4 is 5.32 Å². The van der Waals surface area contributed by atoms with E-state index in [1.807, 2.05) is 20.1 Å². The van der Waals surface area contributed by atoms with E-state index in [0.717, 1.165) is 0 Å². The first kappa shape index (κ1) is 15.7. The number of aromatic nitrogens is 4. The van der Waals surface area contributed by atoms with Crippen molar-refractivity contribution in [3.63, 3.8) is 0 Å². The maximum Gasteiger partial charge on any atom is 0.344 e. The summed E-state index contributed by atoms with van der Waals surface area (Å²) in [4.78, 5) is 19.8. The third-order valence-corrected chi connectivity index (χ3v) is 4.19. The van der Waals surface area contributed by atoms with Gasteiger partial charge >= 0.3 is 12.0 Å². The molecule has 2 aromatic rings. The fourth-order valence-electron chi connectivity index (χ4n) is 2.54. The average molecular weight is 337 g/mol. The predicted octanol–water partition coefficient (Wildman–Crippen LogP) is 2.36. The van der Waals surface area contributed by atoms with Crippen LogP contribution in [0.25, 0.3) is 5.69 Å². The van der Waals surface area contributed by atoms with Gasteiger partial charge in [0.25, 0.3) is 0 Å². The number of halogens is 1. The third-order valence-electron chi connectivity index (χ3n) is 3.52. The SMILES string of the molecule is CCOC(=O)c1c(SC)nn2c1NC(C)(C)c1nc(F)ncc1-2. The molecule has 0 radical (unpaired) electrons. The lowest BCUT2D eigenvalue weighted by atomic mass is 9.96. The van der Waals surface area contributed by atoms with Crippen LogP contribution >= 0.6 is 11.8 Å². The Balaban J connectivity index is 2.26. The first-order valence-electron chi connectivity index (χ1n) is 7.04. The van der Waals surface area contributed by atoms with Gasteiger partial charge in [-0.1, -0.05) is 0 Å². The zero-order chi connectivity index (χ0) is 16.8. The van der Waals surface area contributed by atoms with Crippen molar-refractivity contribution in [1.82, 2.24) is 19.7 Å². The second kappa shape index (κ2) is 5.48. The van der Waals surface area contributed by atoms with Gasteiger partial charge in [-0.25, -0.2) is 19.4 Å². The average Bonchev–Trinajstić information content (AvgIpc) is 2.85. The molecule has 0 bridgehead atoms. The summed E-state index contributed by atoms with van der Waals surface area (Å²) < 4.78 is 20.1. The number of esters is 1. The zero-order valence-electron chi connectivity index (χ0n) is 13.2. The second-order valence-electron chi connectivity index (χ2n) is 5.49. The minimum absolute atomic E-state index is 0.269. The van der Waals surface area contributed by atoms with E-state index in [1.165, 1.54) is 22.6 Å². The summed E-state index contributed by atoms with van der Waals surface area (Å²) in [6, 6.07) is 0. The van der Waals surface area contributed by atoms with Crippen molar-refractivity contribution in [2.75, 3.05) is 18.2 Å². The lowest BCUT2D eigenvalue weighted by Gasteiger charge is -2.33. The van der Waals surface area contributed by atoms with E-state index < -0.39 is 17.6 Å². The highest BCUT2D eigenvalue weighted by Gasteiger charge is 2.38. The van der Waals surface area contributed by atoms with Gasteiger partial charge in [-0.3, -0.25) is 0 Å². The molecule has 3 heterocycles. The van der Waals surface area contributed by atoms with Gasteiger partial charge in [0.2, 0.25) is 0 Å². The molecule has 122 valence electrons. The molecular formula is C14H16FN5O2S. The molecule has 2 aromatic heterocycles. The van der Waals surface area contributed by atoms with Crippen LogP contribution in [0.5, 0.6) is 0 Å². The van der Waals surface area contributed by atoms with E-state index in [0.29, 0.717) is 27.8 Å². The summed E-state index contributed by atoms with van der Waals surface area (Å²) in [6.07, 6.45) is 2.39. The van der Waals surface area contributed by atoms with Gasteiger partial charge in [-0.2, -0.15) is 9.49 Å². The fourth-order valence-corrected chi connectivity index (χ4v) is 3.09. The normalized spacial score (nSPS) is 14.7. The van der Waals surface area contributed by atoms with E-state index in [-0.39, 0.29) is 6.61 Å². The zero-order valence-corrected chi connectivity index (χ0v) is 14.0. The number of nitrogens with zero attached hydrogens (tertiary/aromatic N) is 4. The molecule has 0 fully saturated rings. The number of rotatable bonds is 3. The molecule has 0 spiro atoms. The number of carbonyl (C=O) groups is 1.